The highest BCUT2D eigenvalue weighted by Gasteiger charge is 2.22. The molecule has 0 aromatic heterocycles. The molecule has 0 unspecified atom stereocenters. The molecule has 1 saturated heterocycles. The molecule has 0 bridgehead atoms. The predicted molar refractivity (Wildman–Crippen MR) is 84.2 cm³/mol. The second-order valence-corrected chi connectivity index (χ2v) is 5.94. The van der Waals surface area contributed by atoms with E-state index in [2.05, 4.69) is 24.1 Å². The number of benzene rings is 1. The van der Waals surface area contributed by atoms with Gasteiger partial charge >= 0.3 is 0 Å². The largest absolute Gasteiger partial charge is 0.508 e. The third-order valence-electron chi connectivity index (χ3n) is 4.41. The van der Waals surface area contributed by atoms with Crippen LogP contribution in [0.1, 0.15) is 38.7 Å². The van der Waals surface area contributed by atoms with Crippen molar-refractivity contribution in [1.82, 2.24) is 10.2 Å². The van der Waals surface area contributed by atoms with Gasteiger partial charge in [0.2, 0.25) is 0 Å². The van der Waals surface area contributed by atoms with E-state index in [4.69, 9.17) is 0 Å². The second kappa shape index (κ2) is 7.65. The summed E-state index contributed by atoms with van der Waals surface area (Å²) in [5, 5.41) is 13.0. The van der Waals surface area contributed by atoms with Crippen LogP contribution in [0.25, 0.3) is 0 Å². The lowest BCUT2D eigenvalue weighted by Gasteiger charge is -2.25. The van der Waals surface area contributed by atoms with Crippen LogP contribution in [-0.2, 0) is 6.42 Å². The number of likely N-dealkylation sites (tertiary alicyclic amines) is 1. The minimum absolute atomic E-state index is 0.348. The van der Waals surface area contributed by atoms with Gasteiger partial charge in [0, 0.05) is 18.6 Å². The topological polar surface area (TPSA) is 35.5 Å². The summed E-state index contributed by atoms with van der Waals surface area (Å²) in [6, 6.07) is 8.84. The van der Waals surface area contributed by atoms with Crippen LogP contribution in [-0.4, -0.2) is 41.7 Å². The second-order valence-electron chi connectivity index (χ2n) is 5.94. The van der Waals surface area contributed by atoms with E-state index in [1.54, 1.807) is 12.1 Å². The molecular weight excluding hydrogens is 248 g/mol. The van der Waals surface area contributed by atoms with Gasteiger partial charge in [-0.25, -0.2) is 0 Å². The number of hydrogen-bond acceptors (Lipinski definition) is 3. The van der Waals surface area contributed by atoms with Crippen molar-refractivity contribution in [3.05, 3.63) is 29.8 Å². The number of aryl methyl sites for hydroxylation is 1. The summed E-state index contributed by atoms with van der Waals surface area (Å²) in [5.41, 5.74) is 1.30. The lowest BCUT2D eigenvalue weighted by atomic mass is 10.1. The van der Waals surface area contributed by atoms with Crippen molar-refractivity contribution in [2.45, 2.75) is 51.6 Å². The molecule has 1 aliphatic heterocycles. The van der Waals surface area contributed by atoms with Crippen molar-refractivity contribution in [3.8, 4) is 5.75 Å². The normalized spacial score (nSPS) is 21.2. The molecular formula is C17H28N2O. The van der Waals surface area contributed by atoms with Gasteiger partial charge in [0.25, 0.3) is 0 Å². The van der Waals surface area contributed by atoms with Gasteiger partial charge in [0.15, 0.2) is 0 Å². The number of likely N-dealkylation sites (N-methyl/N-ethyl adjacent to an activating group) is 1. The maximum Gasteiger partial charge on any atom is 0.115 e. The van der Waals surface area contributed by atoms with Gasteiger partial charge in [-0.05, 0) is 63.4 Å². The molecule has 2 N–H and O–H groups in total. The number of nitrogens with zero attached hydrogens (tertiary/aromatic N) is 1. The smallest absolute Gasteiger partial charge is 0.115 e. The molecule has 1 aliphatic rings. The Morgan fingerprint density at radius 1 is 1.35 bits per heavy atom. The van der Waals surface area contributed by atoms with E-state index in [0.29, 0.717) is 11.8 Å². The molecule has 20 heavy (non-hydrogen) atoms. The fraction of sp³-hybridized carbons (Fsp3) is 0.647. The van der Waals surface area contributed by atoms with Gasteiger partial charge < -0.3 is 10.4 Å². The molecule has 2 rings (SSSR count). The molecule has 3 heteroatoms. The molecule has 0 radical (unpaired) electrons. The molecule has 0 spiro atoms. The first-order valence-electron chi connectivity index (χ1n) is 7.94. The fourth-order valence-corrected chi connectivity index (χ4v) is 3.03. The van der Waals surface area contributed by atoms with Crippen molar-refractivity contribution >= 4 is 0 Å². The number of aromatic hydroxyl groups is 1. The van der Waals surface area contributed by atoms with Crippen LogP contribution in [0.3, 0.4) is 0 Å². The third-order valence-corrected chi connectivity index (χ3v) is 4.41. The summed E-state index contributed by atoms with van der Waals surface area (Å²) in [4.78, 5) is 2.58. The maximum absolute atomic E-state index is 9.27. The van der Waals surface area contributed by atoms with Crippen LogP contribution in [0, 0.1) is 0 Å². The highest BCUT2D eigenvalue weighted by atomic mass is 16.3. The quantitative estimate of drug-likeness (QED) is 0.804. The van der Waals surface area contributed by atoms with Gasteiger partial charge in [-0.3, -0.25) is 4.90 Å². The molecule has 112 valence electrons. The van der Waals surface area contributed by atoms with Gasteiger partial charge in [-0.2, -0.15) is 0 Å². The average Bonchev–Trinajstić information content (AvgIpc) is 2.92. The number of hydrogen-bond donors (Lipinski definition) is 2. The first kappa shape index (κ1) is 15.3. The summed E-state index contributed by atoms with van der Waals surface area (Å²) in [6.45, 7) is 8.09. The number of phenols is 1. The van der Waals surface area contributed by atoms with Crippen LogP contribution in [0.2, 0.25) is 0 Å². The Hall–Kier alpha value is -1.06. The van der Waals surface area contributed by atoms with Crippen molar-refractivity contribution in [2.24, 2.45) is 0 Å². The molecule has 1 aromatic carbocycles. The standard InChI is InChI=1S/C17H28N2O/c1-3-19-12-4-5-16(19)13-18-14(2)6-7-15-8-10-17(20)11-9-15/h8-11,14,16,18,20H,3-7,12-13H2,1-2H3/t14-,16-/m1/s1. The lowest BCUT2D eigenvalue weighted by molar-refractivity contribution is 0.254. The Bertz CT molecular complexity index is 390. The Balaban J connectivity index is 1.67. The first-order chi connectivity index (χ1) is 9.69. The number of rotatable bonds is 7. The predicted octanol–water partition coefficient (Wildman–Crippen LogP) is 2.79. The highest BCUT2D eigenvalue weighted by molar-refractivity contribution is 5.25. The van der Waals surface area contributed by atoms with Gasteiger partial charge in [0.05, 0.1) is 0 Å². The van der Waals surface area contributed by atoms with Crippen molar-refractivity contribution < 1.29 is 5.11 Å². The van der Waals surface area contributed by atoms with E-state index in [1.165, 1.54) is 31.5 Å². The minimum Gasteiger partial charge on any atom is -0.508 e. The van der Waals surface area contributed by atoms with E-state index >= 15 is 0 Å². The van der Waals surface area contributed by atoms with Gasteiger partial charge in [0.1, 0.15) is 5.75 Å². The third kappa shape index (κ3) is 4.50. The van der Waals surface area contributed by atoms with Crippen LogP contribution in [0.4, 0.5) is 0 Å². The highest BCUT2D eigenvalue weighted by Crippen LogP contribution is 2.16. The van der Waals surface area contributed by atoms with E-state index in [1.807, 2.05) is 12.1 Å². The van der Waals surface area contributed by atoms with E-state index < -0.39 is 0 Å². The molecule has 3 nitrogen and oxygen atoms in total. The Labute approximate surface area is 123 Å². The molecule has 1 aromatic rings. The zero-order valence-electron chi connectivity index (χ0n) is 12.8. The zero-order valence-corrected chi connectivity index (χ0v) is 12.8. The zero-order chi connectivity index (χ0) is 14.4. The molecule has 2 atom stereocenters. The van der Waals surface area contributed by atoms with Crippen molar-refractivity contribution in [1.29, 1.82) is 0 Å². The monoisotopic (exact) mass is 276 g/mol. The van der Waals surface area contributed by atoms with Gasteiger partial charge in [-0.1, -0.05) is 19.1 Å². The molecule has 0 saturated carbocycles. The summed E-state index contributed by atoms with van der Waals surface area (Å²) < 4.78 is 0. The number of nitrogens with one attached hydrogen (secondary N) is 1. The van der Waals surface area contributed by atoms with Crippen LogP contribution >= 0.6 is 0 Å². The average molecular weight is 276 g/mol. The van der Waals surface area contributed by atoms with Crippen molar-refractivity contribution in [3.63, 3.8) is 0 Å². The Morgan fingerprint density at radius 2 is 2.10 bits per heavy atom. The minimum atomic E-state index is 0.348. The van der Waals surface area contributed by atoms with E-state index in [-0.39, 0.29) is 0 Å². The molecule has 1 fully saturated rings. The Morgan fingerprint density at radius 3 is 2.80 bits per heavy atom. The van der Waals surface area contributed by atoms with Crippen LogP contribution < -0.4 is 5.32 Å². The summed E-state index contributed by atoms with van der Waals surface area (Å²) in [7, 11) is 0. The number of phenolic OH excluding ortho intramolecular Hbond substituents is 1. The molecule has 1 heterocycles. The summed E-state index contributed by atoms with van der Waals surface area (Å²) in [6.07, 6.45) is 4.90. The van der Waals surface area contributed by atoms with Crippen LogP contribution in [0.15, 0.2) is 24.3 Å². The van der Waals surface area contributed by atoms with Crippen molar-refractivity contribution in [2.75, 3.05) is 19.6 Å². The Kier molecular flexibility index (Phi) is 5.86. The molecule has 0 amide bonds. The lowest BCUT2D eigenvalue weighted by Crippen LogP contribution is -2.41. The van der Waals surface area contributed by atoms with E-state index in [0.717, 1.165) is 25.4 Å². The van der Waals surface area contributed by atoms with E-state index in [9.17, 15) is 5.11 Å². The van der Waals surface area contributed by atoms with Gasteiger partial charge in [-0.15, -0.1) is 0 Å². The first-order valence-corrected chi connectivity index (χ1v) is 7.94. The maximum atomic E-state index is 9.27. The summed E-state index contributed by atoms with van der Waals surface area (Å²) >= 11 is 0. The SMILES string of the molecule is CCN1CCC[C@@H]1CN[C@H](C)CCc1ccc(O)cc1. The fourth-order valence-electron chi connectivity index (χ4n) is 3.03. The van der Waals surface area contributed by atoms with Crippen LogP contribution in [0.5, 0.6) is 5.75 Å². The molecule has 0 aliphatic carbocycles. The summed E-state index contributed by atoms with van der Waals surface area (Å²) in [5.74, 6) is 0.348.